The van der Waals surface area contributed by atoms with E-state index in [1.165, 1.54) is 0 Å². The second-order valence-corrected chi connectivity index (χ2v) is 4.54. The summed E-state index contributed by atoms with van der Waals surface area (Å²) in [6.07, 6.45) is 1.58. The van der Waals surface area contributed by atoms with Crippen LogP contribution in [0.3, 0.4) is 0 Å². The highest BCUT2D eigenvalue weighted by atomic mass is 16.4. The van der Waals surface area contributed by atoms with Gasteiger partial charge in [0.15, 0.2) is 5.84 Å². The molecule has 0 spiro atoms. The molecule has 0 radical (unpaired) electrons. The number of nitrogens with one attached hydrogen (secondary N) is 1. The van der Waals surface area contributed by atoms with Crippen LogP contribution >= 0.6 is 0 Å². The van der Waals surface area contributed by atoms with Gasteiger partial charge in [-0.25, -0.2) is 0 Å². The van der Waals surface area contributed by atoms with Crippen molar-refractivity contribution in [3.63, 3.8) is 0 Å². The number of carbonyl (C=O) groups is 1. The van der Waals surface area contributed by atoms with Crippen LogP contribution in [0.15, 0.2) is 47.8 Å². The first kappa shape index (κ1) is 14.5. The molecule has 0 atom stereocenters. The summed E-state index contributed by atoms with van der Waals surface area (Å²) in [5, 5.41) is 14.4. The third kappa shape index (κ3) is 3.56. The largest absolute Gasteiger partial charge is 0.409 e. The number of rotatable bonds is 4. The Balaban J connectivity index is 2.07. The maximum absolute atomic E-state index is 12.1. The lowest BCUT2D eigenvalue weighted by Gasteiger charge is -2.08. The van der Waals surface area contributed by atoms with Gasteiger partial charge in [0.25, 0.3) is 5.91 Å². The average molecular weight is 284 g/mol. The Morgan fingerprint density at radius 2 is 2.19 bits per heavy atom. The summed E-state index contributed by atoms with van der Waals surface area (Å²) in [7, 11) is 0. The van der Waals surface area contributed by atoms with Crippen molar-refractivity contribution in [3.05, 3.63) is 65.0 Å². The van der Waals surface area contributed by atoms with Crippen molar-refractivity contribution >= 4 is 11.7 Å². The van der Waals surface area contributed by atoms with Gasteiger partial charge in [0.05, 0.1) is 0 Å². The van der Waals surface area contributed by atoms with Crippen molar-refractivity contribution in [3.8, 4) is 0 Å². The number of nitrogens with zero attached hydrogens (tertiary/aromatic N) is 2. The zero-order valence-corrected chi connectivity index (χ0v) is 11.6. The number of amides is 1. The highest BCUT2D eigenvalue weighted by molar-refractivity contribution is 5.97. The van der Waals surface area contributed by atoms with Gasteiger partial charge in [0.2, 0.25) is 0 Å². The van der Waals surface area contributed by atoms with E-state index in [2.05, 4.69) is 15.5 Å². The summed E-state index contributed by atoms with van der Waals surface area (Å²) in [5.41, 5.74) is 8.20. The van der Waals surface area contributed by atoms with Gasteiger partial charge in [0, 0.05) is 18.3 Å². The summed E-state index contributed by atoms with van der Waals surface area (Å²) in [6.45, 7) is 2.17. The molecule has 1 heterocycles. The molecule has 2 rings (SSSR count). The Hall–Kier alpha value is -2.89. The Kier molecular flexibility index (Phi) is 4.50. The molecule has 0 unspecified atom stereocenters. The molecule has 0 fully saturated rings. The van der Waals surface area contributed by atoms with Crippen molar-refractivity contribution in [2.45, 2.75) is 13.5 Å². The van der Waals surface area contributed by atoms with Crippen LogP contribution in [0.1, 0.15) is 27.2 Å². The van der Waals surface area contributed by atoms with E-state index in [9.17, 15) is 4.79 Å². The van der Waals surface area contributed by atoms with E-state index < -0.39 is 0 Å². The maximum Gasteiger partial charge on any atom is 0.270 e. The van der Waals surface area contributed by atoms with Gasteiger partial charge >= 0.3 is 0 Å². The van der Waals surface area contributed by atoms with Crippen LogP contribution in [0.25, 0.3) is 0 Å². The van der Waals surface area contributed by atoms with Crippen molar-refractivity contribution in [1.82, 2.24) is 10.3 Å². The highest BCUT2D eigenvalue weighted by Gasteiger charge is 2.09. The van der Waals surface area contributed by atoms with Crippen LogP contribution in [0, 0.1) is 6.92 Å². The number of benzene rings is 1. The number of aryl methyl sites for hydroxylation is 1. The van der Waals surface area contributed by atoms with E-state index in [4.69, 9.17) is 10.9 Å². The van der Waals surface area contributed by atoms with Gasteiger partial charge in [-0.3, -0.25) is 9.78 Å². The van der Waals surface area contributed by atoms with Gasteiger partial charge in [-0.15, -0.1) is 0 Å². The fourth-order valence-electron chi connectivity index (χ4n) is 1.89. The molecule has 0 saturated heterocycles. The Bertz CT molecular complexity index is 683. The minimum absolute atomic E-state index is 0.0312. The molecular weight excluding hydrogens is 268 g/mol. The van der Waals surface area contributed by atoms with Crippen LogP contribution in [0.2, 0.25) is 0 Å². The number of nitrogens with two attached hydrogens (primary N) is 1. The van der Waals surface area contributed by atoms with Crippen molar-refractivity contribution < 1.29 is 10.0 Å². The second kappa shape index (κ2) is 6.51. The smallest absolute Gasteiger partial charge is 0.270 e. The fraction of sp³-hybridized carbons (Fsp3) is 0.133. The topological polar surface area (TPSA) is 101 Å². The molecule has 4 N–H and O–H groups in total. The lowest BCUT2D eigenvalue weighted by molar-refractivity contribution is 0.0945. The molecule has 21 heavy (non-hydrogen) atoms. The number of carbonyl (C=O) groups excluding carboxylic acids is 1. The summed E-state index contributed by atoms with van der Waals surface area (Å²) in [6, 6.07) is 10.7. The van der Waals surface area contributed by atoms with E-state index in [0.717, 1.165) is 11.1 Å². The number of amidine groups is 1. The molecule has 1 aromatic heterocycles. The lowest BCUT2D eigenvalue weighted by Crippen LogP contribution is -2.25. The van der Waals surface area contributed by atoms with E-state index in [1.807, 2.05) is 19.1 Å². The zero-order valence-electron chi connectivity index (χ0n) is 11.6. The van der Waals surface area contributed by atoms with Gasteiger partial charge in [-0.05, 0) is 30.2 Å². The minimum Gasteiger partial charge on any atom is -0.409 e. The van der Waals surface area contributed by atoms with Crippen molar-refractivity contribution in [2.75, 3.05) is 0 Å². The molecule has 0 aliphatic heterocycles. The number of hydrogen-bond donors (Lipinski definition) is 3. The van der Waals surface area contributed by atoms with Crippen LogP contribution in [0.4, 0.5) is 0 Å². The van der Waals surface area contributed by atoms with E-state index in [-0.39, 0.29) is 11.7 Å². The third-order valence-electron chi connectivity index (χ3n) is 3.01. The van der Waals surface area contributed by atoms with Gasteiger partial charge in [0.1, 0.15) is 5.69 Å². The van der Waals surface area contributed by atoms with Crippen molar-refractivity contribution in [1.29, 1.82) is 0 Å². The van der Waals surface area contributed by atoms with Crippen LogP contribution in [0.5, 0.6) is 0 Å². The summed E-state index contributed by atoms with van der Waals surface area (Å²) < 4.78 is 0. The predicted molar refractivity (Wildman–Crippen MR) is 79.1 cm³/mol. The first-order chi connectivity index (χ1) is 10.1. The monoisotopic (exact) mass is 284 g/mol. The Labute approximate surface area is 122 Å². The van der Waals surface area contributed by atoms with E-state index in [1.54, 1.807) is 30.5 Å². The minimum atomic E-state index is -0.234. The predicted octanol–water partition coefficient (Wildman–Crippen LogP) is 1.41. The Morgan fingerprint density at radius 1 is 1.38 bits per heavy atom. The SMILES string of the molecule is Cc1cccnc1C(=O)NCc1cccc(C(N)=NO)c1. The molecule has 1 amide bonds. The van der Waals surface area contributed by atoms with Gasteiger partial charge < -0.3 is 16.3 Å². The number of pyridine rings is 1. The first-order valence-electron chi connectivity index (χ1n) is 6.38. The van der Waals surface area contributed by atoms with Gasteiger partial charge in [-0.1, -0.05) is 29.4 Å². The number of hydrogen-bond acceptors (Lipinski definition) is 4. The number of oxime groups is 1. The maximum atomic E-state index is 12.1. The summed E-state index contributed by atoms with van der Waals surface area (Å²) in [5.74, 6) is -0.203. The molecule has 1 aromatic carbocycles. The second-order valence-electron chi connectivity index (χ2n) is 4.54. The lowest BCUT2D eigenvalue weighted by atomic mass is 10.1. The van der Waals surface area contributed by atoms with Crippen molar-refractivity contribution in [2.24, 2.45) is 10.9 Å². The average Bonchev–Trinajstić information content (AvgIpc) is 2.52. The molecule has 0 aliphatic rings. The van der Waals surface area contributed by atoms with Gasteiger partial charge in [-0.2, -0.15) is 0 Å². The normalized spacial score (nSPS) is 11.2. The molecule has 0 bridgehead atoms. The first-order valence-corrected chi connectivity index (χ1v) is 6.38. The van der Waals surface area contributed by atoms with Crippen LogP contribution < -0.4 is 11.1 Å². The number of aromatic nitrogens is 1. The molecule has 6 heteroatoms. The Morgan fingerprint density at radius 3 is 2.90 bits per heavy atom. The summed E-state index contributed by atoms with van der Waals surface area (Å²) in [4.78, 5) is 16.1. The molecular formula is C15H16N4O2. The summed E-state index contributed by atoms with van der Waals surface area (Å²) >= 11 is 0. The quantitative estimate of drug-likeness (QED) is 0.342. The molecule has 2 aromatic rings. The fourth-order valence-corrected chi connectivity index (χ4v) is 1.89. The third-order valence-corrected chi connectivity index (χ3v) is 3.01. The molecule has 108 valence electrons. The molecule has 6 nitrogen and oxygen atoms in total. The molecule has 0 aliphatic carbocycles. The highest BCUT2D eigenvalue weighted by Crippen LogP contribution is 2.07. The standard InChI is InChI=1S/C15H16N4O2/c1-10-4-3-7-17-13(10)15(20)18-9-11-5-2-6-12(8-11)14(16)19-21/h2-8,21H,9H2,1H3,(H2,16,19)(H,18,20). The van der Waals surface area contributed by atoms with Crippen LogP contribution in [-0.2, 0) is 6.54 Å². The van der Waals surface area contributed by atoms with E-state index in [0.29, 0.717) is 17.8 Å². The zero-order chi connectivity index (χ0) is 15.2. The molecule has 0 saturated carbocycles. The van der Waals surface area contributed by atoms with E-state index >= 15 is 0 Å². The van der Waals surface area contributed by atoms with Crippen LogP contribution in [-0.4, -0.2) is 21.9 Å².